The van der Waals surface area contributed by atoms with Crippen molar-refractivity contribution in [3.05, 3.63) is 50.7 Å². The monoisotopic (exact) mass is 457 g/mol. The van der Waals surface area contributed by atoms with E-state index in [0.717, 1.165) is 6.42 Å². The van der Waals surface area contributed by atoms with Crippen molar-refractivity contribution < 1.29 is 9.59 Å². The van der Waals surface area contributed by atoms with E-state index >= 15 is 0 Å². The van der Waals surface area contributed by atoms with Gasteiger partial charge in [0, 0.05) is 30.3 Å². The number of amides is 2. The minimum atomic E-state index is -0.692. The number of carbonyl (C=O) groups excluding carboxylic acids is 2. The summed E-state index contributed by atoms with van der Waals surface area (Å²) in [5, 5.41) is 2.78. The number of benzene rings is 1. The maximum Gasteiger partial charge on any atom is 0.330 e. The third kappa shape index (κ3) is 6.57. The number of nitrogens with zero attached hydrogens (tertiary/aromatic N) is 2. The molecule has 0 spiro atoms. The maximum atomic E-state index is 13.5. The zero-order chi connectivity index (χ0) is 24.7. The van der Waals surface area contributed by atoms with Crippen molar-refractivity contribution in [1.29, 1.82) is 0 Å². The summed E-state index contributed by atoms with van der Waals surface area (Å²) in [4.78, 5) is 54.1. The van der Waals surface area contributed by atoms with Crippen molar-refractivity contribution in [3.8, 4) is 0 Å². The van der Waals surface area contributed by atoms with E-state index in [0.29, 0.717) is 30.6 Å². The summed E-state index contributed by atoms with van der Waals surface area (Å²) in [6.45, 7) is 10.2. The summed E-state index contributed by atoms with van der Waals surface area (Å²) in [7, 11) is 0. The normalized spacial score (nSPS) is 11.1. The van der Waals surface area contributed by atoms with Gasteiger partial charge in [-0.3, -0.25) is 23.9 Å². The number of rotatable bonds is 10. The van der Waals surface area contributed by atoms with Crippen LogP contribution >= 0.6 is 0 Å². The maximum absolute atomic E-state index is 13.5. The summed E-state index contributed by atoms with van der Waals surface area (Å²) in [5.41, 5.74) is 5.87. The van der Waals surface area contributed by atoms with Crippen molar-refractivity contribution in [2.24, 2.45) is 11.8 Å². The van der Waals surface area contributed by atoms with E-state index in [-0.39, 0.29) is 35.8 Å². The van der Waals surface area contributed by atoms with Crippen LogP contribution in [0.15, 0.2) is 33.9 Å². The fourth-order valence-corrected chi connectivity index (χ4v) is 3.22. The zero-order valence-corrected chi connectivity index (χ0v) is 20.1. The highest BCUT2D eigenvalue weighted by Crippen LogP contribution is 2.22. The first kappa shape index (κ1) is 25.9. The van der Waals surface area contributed by atoms with Gasteiger partial charge < -0.3 is 16.0 Å². The van der Waals surface area contributed by atoms with Crippen LogP contribution in [0.4, 0.5) is 17.2 Å². The molecular weight excluding hydrogens is 422 g/mol. The lowest BCUT2D eigenvalue weighted by Gasteiger charge is -2.25. The van der Waals surface area contributed by atoms with Crippen LogP contribution in [-0.2, 0) is 11.3 Å². The summed E-state index contributed by atoms with van der Waals surface area (Å²) < 4.78 is 1.31. The molecule has 9 nitrogen and oxygen atoms in total. The molecule has 2 aromatic rings. The molecule has 9 heteroatoms. The molecule has 2 rings (SSSR count). The van der Waals surface area contributed by atoms with Gasteiger partial charge in [-0.25, -0.2) is 4.79 Å². The molecule has 4 N–H and O–H groups in total. The van der Waals surface area contributed by atoms with E-state index in [1.807, 2.05) is 20.8 Å². The lowest BCUT2D eigenvalue weighted by Crippen LogP contribution is -2.42. The van der Waals surface area contributed by atoms with Gasteiger partial charge >= 0.3 is 5.69 Å². The quantitative estimate of drug-likeness (QED) is 0.504. The Morgan fingerprint density at radius 1 is 1.12 bits per heavy atom. The van der Waals surface area contributed by atoms with Crippen molar-refractivity contribution in [1.82, 2.24) is 9.55 Å². The Labute approximate surface area is 194 Å². The Morgan fingerprint density at radius 3 is 2.30 bits per heavy atom. The van der Waals surface area contributed by atoms with Crippen molar-refractivity contribution in [3.63, 3.8) is 0 Å². The molecule has 180 valence electrons. The zero-order valence-electron chi connectivity index (χ0n) is 20.1. The average Bonchev–Trinajstić information content (AvgIpc) is 2.75. The highest BCUT2D eigenvalue weighted by molar-refractivity contribution is 6.07. The van der Waals surface area contributed by atoms with E-state index in [1.54, 1.807) is 38.1 Å². The first-order valence-electron chi connectivity index (χ1n) is 11.4. The second-order valence-electron chi connectivity index (χ2n) is 8.86. The van der Waals surface area contributed by atoms with Crippen LogP contribution in [0.3, 0.4) is 0 Å². The van der Waals surface area contributed by atoms with Gasteiger partial charge in [0.15, 0.2) is 5.69 Å². The predicted molar refractivity (Wildman–Crippen MR) is 132 cm³/mol. The van der Waals surface area contributed by atoms with E-state index in [2.05, 4.69) is 10.3 Å². The van der Waals surface area contributed by atoms with Crippen molar-refractivity contribution in [2.75, 3.05) is 22.5 Å². The van der Waals surface area contributed by atoms with Crippen LogP contribution in [0.2, 0.25) is 0 Å². The Bertz CT molecular complexity index is 1080. The molecule has 2 amide bonds. The number of anilines is 3. The van der Waals surface area contributed by atoms with Crippen LogP contribution in [0.5, 0.6) is 0 Å². The largest absolute Gasteiger partial charge is 0.383 e. The molecule has 0 fully saturated rings. The van der Waals surface area contributed by atoms with Crippen molar-refractivity contribution in [2.45, 2.75) is 60.4 Å². The molecule has 1 aromatic carbocycles. The van der Waals surface area contributed by atoms with Crippen LogP contribution < -0.4 is 27.2 Å². The van der Waals surface area contributed by atoms with Gasteiger partial charge in [-0.05, 0) is 43.0 Å². The van der Waals surface area contributed by atoms with Gasteiger partial charge in [-0.1, -0.05) is 41.0 Å². The first-order chi connectivity index (χ1) is 15.6. The third-order valence-corrected chi connectivity index (χ3v) is 5.32. The number of aromatic nitrogens is 2. The highest BCUT2D eigenvalue weighted by Gasteiger charge is 2.25. The SMILES string of the molecule is CCCCn1c(N)c(N(CCC(C)C)C(=O)c2ccc(NC(=O)C(C)C)cc2)c(=O)[nH]c1=O. The third-order valence-electron chi connectivity index (χ3n) is 5.32. The summed E-state index contributed by atoms with van der Waals surface area (Å²) in [5.74, 6) is -0.442. The number of nitrogens with two attached hydrogens (primary N) is 1. The lowest BCUT2D eigenvalue weighted by atomic mass is 10.1. The van der Waals surface area contributed by atoms with Gasteiger partial charge in [0.05, 0.1) is 0 Å². The first-order valence-corrected chi connectivity index (χ1v) is 11.4. The van der Waals surface area contributed by atoms with Crippen LogP contribution in [0.25, 0.3) is 0 Å². The van der Waals surface area contributed by atoms with Gasteiger partial charge in [0.25, 0.3) is 11.5 Å². The number of hydrogen-bond acceptors (Lipinski definition) is 5. The van der Waals surface area contributed by atoms with Gasteiger partial charge in [-0.2, -0.15) is 0 Å². The summed E-state index contributed by atoms with van der Waals surface area (Å²) >= 11 is 0. The summed E-state index contributed by atoms with van der Waals surface area (Å²) in [6.07, 6.45) is 2.19. The molecule has 0 saturated heterocycles. The van der Waals surface area contributed by atoms with Crippen molar-refractivity contribution >= 4 is 29.0 Å². The number of nitrogen functional groups attached to an aromatic ring is 1. The number of unbranched alkanes of at least 4 members (excludes halogenated alkanes) is 1. The summed E-state index contributed by atoms with van der Waals surface area (Å²) in [6, 6.07) is 6.48. The predicted octanol–water partition coefficient (Wildman–Crippen LogP) is 3.21. The lowest BCUT2D eigenvalue weighted by molar-refractivity contribution is -0.118. The Morgan fingerprint density at radius 2 is 1.76 bits per heavy atom. The van der Waals surface area contributed by atoms with E-state index in [1.165, 1.54) is 9.47 Å². The van der Waals surface area contributed by atoms with Gasteiger partial charge in [-0.15, -0.1) is 0 Å². The smallest absolute Gasteiger partial charge is 0.330 e. The molecule has 0 saturated carbocycles. The minimum Gasteiger partial charge on any atom is -0.383 e. The number of nitrogens with one attached hydrogen (secondary N) is 2. The minimum absolute atomic E-state index is 0.0184. The number of hydrogen-bond donors (Lipinski definition) is 3. The molecule has 33 heavy (non-hydrogen) atoms. The van der Waals surface area contributed by atoms with Crippen LogP contribution in [0, 0.1) is 11.8 Å². The molecule has 0 aliphatic heterocycles. The average molecular weight is 458 g/mol. The molecule has 1 heterocycles. The fourth-order valence-electron chi connectivity index (χ4n) is 3.22. The second kappa shape index (κ2) is 11.5. The topological polar surface area (TPSA) is 130 Å². The Hall–Kier alpha value is -3.36. The number of carbonyl (C=O) groups is 2. The van der Waals surface area contributed by atoms with Crippen LogP contribution in [0.1, 0.15) is 64.2 Å². The molecule has 0 bridgehead atoms. The molecule has 0 radical (unpaired) electrons. The second-order valence-corrected chi connectivity index (χ2v) is 8.86. The van der Waals surface area contributed by atoms with Gasteiger partial charge in [0.1, 0.15) is 5.82 Å². The molecule has 1 aromatic heterocycles. The molecular formula is C24H35N5O4. The number of H-pyrrole nitrogens is 1. The molecule has 0 unspecified atom stereocenters. The molecule has 0 aliphatic rings. The van der Waals surface area contributed by atoms with Crippen LogP contribution in [-0.4, -0.2) is 27.9 Å². The standard InChI is InChI=1S/C24H35N5O4/c1-6-7-13-29-20(25)19(22(31)27-24(29)33)28(14-12-15(2)3)23(32)17-8-10-18(11-9-17)26-21(30)16(4)5/h8-11,15-16H,6-7,12-14,25H2,1-5H3,(H,26,30)(H,27,31,33). The number of aromatic amines is 1. The Kier molecular flexibility index (Phi) is 9.02. The molecule has 0 atom stereocenters. The van der Waals surface area contributed by atoms with E-state index in [4.69, 9.17) is 5.73 Å². The Balaban J connectivity index is 2.47. The fraction of sp³-hybridized carbons (Fsp3) is 0.500. The van der Waals surface area contributed by atoms with Gasteiger partial charge in [0.2, 0.25) is 5.91 Å². The molecule has 0 aliphatic carbocycles. The van der Waals surface area contributed by atoms with E-state index < -0.39 is 17.2 Å². The highest BCUT2D eigenvalue weighted by atomic mass is 16.2. The van der Waals surface area contributed by atoms with E-state index in [9.17, 15) is 19.2 Å².